The molecule has 1 atom stereocenters. The fraction of sp³-hybridized carbons (Fsp3) is 0.593. The molecule has 2 aliphatic rings. The SMILES string of the molecule is C/C=C\C=C(/C)CN1CCC(CC2Cc3cc(C)c(OC)cc3C2=O)CC1.CCC. The highest BCUT2D eigenvalue weighted by molar-refractivity contribution is 6.02. The van der Waals surface area contributed by atoms with Gasteiger partial charge >= 0.3 is 0 Å². The number of methoxy groups -OCH3 is 1. The van der Waals surface area contributed by atoms with E-state index in [1.807, 2.05) is 6.07 Å². The van der Waals surface area contributed by atoms with Crippen molar-refractivity contribution in [3.8, 4) is 5.75 Å². The van der Waals surface area contributed by atoms with Crippen molar-refractivity contribution < 1.29 is 9.53 Å². The molecule has 0 bridgehead atoms. The van der Waals surface area contributed by atoms with Crippen molar-refractivity contribution in [3.63, 3.8) is 0 Å². The molecule has 3 heteroatoms. The number of carbonyl (C=O) groups is 1. The van der Waals surface area contributed by atoms with Crippen LogP contribution in [0, 0.1) is 18.8 Å². The molecule has 0 amide bonds. The minimum atomic E-state index is 0.166. The van der Waals surface area contributed by atoms with E-state index in [9.17, 15) is 4.79 Å². The third-order valence-electron chi connectivity index (χ3n) is 6.09. The van der Waals surface area contributed by atoms with Gasteiger partial charge in [-0.25, -0.2) is 0 Å². The molecule has 166 valence electrons. The first-order valence-electron chi connectivity index (χ1n) is 11.7. The van der Waals surface area contributed by atoms with Crippen molar-refractivity contribution in [2.24, 2.45) is 11.8 Å². The van der Waals surface area contributed by atoms with Gasteiger partial charge in [0.25, 0.3) is 0 Å². The van der Waals surface area contributed by atoms with Gasteiger partial charge < -0.3 is 4.74 Å². The van der Waals surface area contributed by atoms with E-state index in [2.05, 4.69) is 63.8 Å². The number of likely N-dealkylation sites (tertiary alicyclic amines) is 1. The topological polar surface area (TPSA) is 29.5 Å². The van der Waals surface area contributed by atoms with E-state index in [-0.39, 0.29) is 5.92 Å². The van der Waals surface area contributed by atoms with Crippen molar-refractivity contribution in [2.75, 3.05) is 26.7 Å². The van der Waals surface area contributed by atoms with Crippen molar-refractivity contribution in [2.45, 2.75) is 66.7 Å². The standard InChI is InChI=1S/C24H33NO2.C3H8/c1-5-6-7-17(2)16-25-10-8-19(9-11-25)13-21-14-20-12-18(3)23(27-4)15-22(20)24(21)26;1-3-2/h5-7,12,15,19,21H,8-11,13-14,16H2,1-4H3;3H2,1-2H3/b6-5-,17-7+;. The van der Waals surface area contributed by atoms with Crippen LogP contribution in [0.3, 0.4) is 0 Å². The average molecular weight is 412 g/mol. The minimum absolute atomic E-state index is 0.166. The highest BCUT2D eigenvalue weighted by Crippen LogP contribution is 2.36. The van der Waals surface area contributed by atoms with Crippen LogP contribution in [-0.4, -0.2) is 37.4 Å². The normalized spacial score (nSPS) is 20.3. The first kappa shape index (κ1) is 24.4. The lowest BCUT2D eigenvalue weighted by molar-refractivity contribution is 0.0899. The Bertz CT molecular complexity index is 754. The van der Waals surface area contributed by atoms with E-state index in [1.165, 1.54) is 30.4 Å². The predicted octanol–water partition coefficient (Wildman–Crippen LogP) is 6.40. The maximum atomic E-state index is 12.9. The van der Waals surface area contributed by atoms with Gasteiger partial charge in [-0.2, -0.15) is 0 Å². The Labute approximate surface area is 184 Å². The number of hydrogen-bond acceptors (Lipinski definition) is 3. The molecule has 1 heterocycles. The molecule has 0 N–H and O–H groups in total. The van der Waals surface area contributed by atoms with E-state index < -0.39 is 0 Å². The van der Waals surface area contributed by atoms with Crippen LogP contribution in [0.2, 0.25) is 0 Å². The lowest BCUT2D eigenvalue weighted by Gasteiger charge is -2.33. The van der Waals surface area contributed by atoms with Crippen LogP contribution in [0.15, 0.2) is 35.9 Å². The molecule has 30 heavy (non-hydrogen) atoms. The summed E-state index contributed by atoms with van der Waals surface area (Å²) in [6.45, 7) is 13.9. The summed E-state index contributed by atoms with van der Waals surface area (Å²) in [5.41, 5.74) is 4.65. The quantitative estimate of drug-likeness (QED) is 0.507. The molecule has 3 nitrogen and oxygen atoms in total. The zero-order valence-electron chi connectivity index (χ0n) is 20.0. The number of aryl methyl sites for hydroxylation is 1. The van der Waals surface area contributed by atoms with Crippen LogP contribution in [0.5, 0.6) is 5.75 Å². The fourth-order valence-electron chi connectivity index (χ4n) is 4.58. The second-order valence-electron chi connectivity index (χ2n) is 8.95. The first-order chi connectivity index (χ1) is 14.4. The number of ether oxygens (including phenoxy) is 1. The van der Waals surface area contributed by atoms with E-state index in [0.717, 1.165) is 49.4 Å². The number of hydrogen-bond donors (Lipinski definition) is 0. The van der Waals surface area contributed by atoms with Crippen molar-refractivity contribution in [3.05, 3.63) is 52.6 Å². The second-order valence-corrected chi connectivity index (χ2v) is 8.95. The Balaban J connectivity index is 0.00000101. The smallest absolute Gasteiger partial charge is 0.166 e. The Morgan fingerprint density at radius 3 is 2.50 bits per heavy atom. The number of nitrogens with zero attached hydrogens (tertiary/aromatic N) is 1. The number of fused-ring (bicyclic) bond motifs is 1. The molecule has 0 radical (unpaired) electrons. The molecule has 0 saturated carbocycles. The number of Topliss-reactive ketones (excluding diaryl/α,β-unsaturated/α-hetero) is 1. The number of piperidine rings is 1. The molecule has 1 saturated heterocycles. The highest BCUT2D eigenvalue weighted by atomic mass is 16.5. The van der Waals surface area contributed by atoms with Crippen LogP contribution >= 0.6 is 0 Å². The van der Waals surface area contributed by atoms with Gasteiger partial charge in [0.1, 0.15) is 5.75 Å². The summed E-state index contributed by atoms with van der Waals surface area (Å²) in [5.74, 6) is 2.00. The van der Waals surface area contributed by atoms with Gasteiger partial charge in [0, 0.05) is 18.0 Å². The van der Waals surface area contributed by atoms with Gasteiger partial charge in [0.2, 0.25) is 0 Å². The molecule has 1 aliphatic heterocycles. The summed E-state index contributed by atoms with van der Waals surface area (Å²) >= 11 is 0. The van der Waals surface area contributed by atoms with Gasteiger partial charge in [-0.3, -0.25) is 9.69 Å². The monoisotopic (exact) mass is 411 g/mol. The van der Waals surface area contributed by atoms with E-state index in [4.69, 9.17) is 4.74 Å². The Kier molecular flexibility index (Phi) is 9.84. The molecule has 1 fully saturated rings. The Morgan fingerprint density at radius 1 is 1.23 bits per heavy atom. The van der Waals surface area contributed by atoms with Crippen LogP contribution < -0.4 is 4.74 Å². The molecule has 1 aromatic rings. The van der Waals surface area contributed by atoms with Gasteiger partial charge in [-0.05, 0) is 82.7 Å². The number of rotatable bonds is 6. The first-order valence-corrected chi connectivity index (χ1v) is 11.7. The van der Waals surface area contributed by atoms with Crippen LogP contribution in [-0.2, 0) is 6.42 Å². The molecule has 3 rings (SSSR count). The minimum Gasteiger partial charge on any atom is -0.496 e. The largest absolute Gasteiger partial charge is 0.496 e. The zero-order valence-corrected chi connectivity index (χ0v) is 20.0. The summed E-state index contributed by atoms with van der Waals surface area (Å²) in [4.78, 5) is 15.4. The summed E-state index contributed by atoms with van der Waals surface area (Å²) < 4.78 is 5.41. The molecule has 0 spiro atoms. The van der Waals surface area contributed by atoms with Gasteiger partial charge in [-0.15, -0.1) is 0 Å². The van der Waals surface area contributed by atoms with Crippen LogP contribution in [0.1, 0.15) is 74.9 Å². The molecular formula is C27H41NO2. The number of carbonyl (C=O) groups excluding carboxylic acids is 1. The Morgan fingerprint density at radius 2 is 1.90 bits per heavy atom. The van der Waals surface area contributed by atoms with Crippen LogP contribution in [0.4, 0.5) is 0 Å². The van der Waals surface area contributed by atoms with Gasteiger partial charge in [0.15, 0.2) is 5.78 Å². The third-order valence-corrected chi connectivity index (χ3v) is 6.09. The summed E-state index contributed by atoms with van der Waals surface area (Å²) in [7, 11) is 1.68. The molecule has 1 aliphatic carbocycles. The lowest BCUT2D eigenvalue weighted by Crippen LogP contribution is -2.35. The van der Waals surface area contributed by atoms with Gasteiger partial charge in [0.05, 0.1) is 7.11 Å². The number of allylic oxidation sites excluding steroid dienone is 3. The lowest BCUT2D eigenvalue weighted by atomic mass is 9.85. The number of benzene rings is 1. The molecule has 1 unspecified atom stereocenters. The maximum Gasteiger partial charge on any atom is 0.166 e. The molecule has 1 aromatic carbocycles. The van der Waals surface area contributed by atoms with Crippen LogP contribution in [0.25, 0.3) is 0 Å². The van der Waals surface area contributed by atoms with Crippen molar-refractivity contribution >= 4 is 5.78 Å². The zero-order chi connectivity index (χ0) is 22.1. The van der Waals surface area contributed by atoms with E-state index in [0.29, 0.717) is 11.7 Å². The predicted molar refractivity (Wildman–Crippen MR) is 128 cm³/mol. The maximum absolute atomic E-state index is 12.9. The van der Waals surface area contributed by atoms with E-state index >= 15 is 0 Å². The summed E-state index contributed by atoms with van der Waals surface area (Å²) in [5, 5.41) is 0. The number of ketones is 1. The van der Waals surface area contributed by atoms with Crippen molar-refractivity contribution in [1.29, 1.82) is 0 Å². The van der Waals surface area contributed by atoms with E-state index in [1.54, 1.807) is 7.11 Å². The molecule has 0 aromatic heterocycles. The van der Waals surface area contributed by atoms with Crippen molar-refractivity contribution in [1.82, 2.24) is 4.90 Å². The highest BCUT2D eigenvalue weighted by Gasteiger charge is 2.34. The average Bonchev–Trinajstić information content (AvgIpc) is 3.02. The summed E-state index contributed by atoms with van der Waals surface area (Å²) in [6.07, 6.45) is 12.0. The molecular weight excluding hydrogens is 370 g/mol. The third kappa shape index (κ3) is 6.57. The summed E-state index contributed by atoms with van der Waals surface area (Å²) in [6, 6.07) is 4.10. The Hall–Kier alpha value is -1.87. The van der Waals surface area contributed by atoms with Gasteiger partial charge in [-0.1, -0.05) is 50.1 Å². The fourth-order valence-corrected chi connectivity index (χ4v) is 4.58. The second kappa shape index (κ2) is 12.1.